The molecule has 0 fully saturated rings. The molecule has 0 saturated heterocycles. The quantitative estimate of drug-likeness (QED) is 0.798. The zero-order valence-electron chi connectivity index (χ0n) is 14.7. The molecular weight excluding hydrogens is 377 g/mol. The molecule has 0 bridgehead atoms. The molecule has 1 aliphatic carbocycles. The molecule has 0 unspecified atom stereocenters. The van der Waals surface area contributed by atoms with Crippen LogP contribution in [0.25, 0.3) is 11.1 Å². The highest BCUT2D eigenvalue weighted by atomic mass is 35.5. The number of hydrogen-bond acceptors (Lipinski definition) is 5. The van der Waals surface area contributed by atoms with Crippen LogP contribution in [-0.2, 0) is 12.8 Å². The number of likely N-dealkylation sites (N-methyl/N-ethyl adjacent to an activating group) is 1. The first-order valence-electron chi connectivity index (χ1n) is 8.30. The van der Waals surface area contributed by atoms with Gasteiger partial charge in [0.1, 0.15) is 0 Å². The van der Waals surface area contributed by atoms with Crippen molar-refractivity contribution in [1.82, 2.24) is 4.90 Å². The monoisotopic (exact) mass is 395 g/mol. The Morgan fingerprint density at radius 2 is 1.77 bits per heavy atom. The van der Waals surface area contributed by atoms with Crippen LogP contribution in [0.5, 0.6) is 23.0 Å². The molecule has 0 saturated carbocycles. The van der Waals surface area contributed by atoms with E-state index in [4.69, 9.17) is 32.7 Å². The lowest BCUT2D eigenvalue weighted by atomic mass is 9.76. The lowest BCUT2D eigenvalue weighted by Crippen LogP contribution is -2.36. The fourth-order valence-electron chi connectivity index (χ4n) is 4.18. The normalized spacial score (nSPS) is 18.3. The SMILES string of the molecule is COc1cc2c(c(Cl)c1O)C[C@H]1c3c(c(Cl)c(O)c(OC)c3-2)CCN1C. The highest BCUT2D eigenvalue weighted by molar-refractivity contribution is 6.34. The van der Waals surface area contributed by atoms with Gasteiger partial charge in [0.2, 0.25) is 0 Å². The molecular formula is C19H19Cl2NO4. The Labute approximate surface area is 161 Å². The summed E-state index contributed by atoms with van der Waals surface area (Å²) in [5.41, 5.74) is 4.35. The predicted octanol–water partition coefficient (Wildman–Crippen LogP) is 4.17. The van der Waals surface area contributed by atoms with E-state index in [1.54, 1.807) is 6.07 Å². The van der Waals surface area contributed by atoms with Gasteiger partial charge in [-0.3, -0.25) is 4.90 Å². The second kappa shape index (κ2) is 6.12. The summed E-state index contributed by atoms with van der Waals surface area (Å²) >= 11 is 12.9. The average Bonchev–Trinajstić information content (AvgIpc) is 2.64. The average molecular weight is 396 g/mol. The zero-order chi connectivity index (χ0) is 18.7. The number of benzene rings is 2. The Morgan fingerprint density at radius 1 is 1.08 bits per heavy atom. The standard InChI is InChI=1S/C19H19Cl2NO4/c1-22-5-4-8-13-11(22)6-10-9(7-12(25-2)17(23)16(10)21)14(13)19(26-3)18(24)15(8)20/h7,11,23-24H,4-6H2,1-3H3/t11-/m0/s1. The van der Waals surface area contributed by atoms with E-state index in [1.807, 2.05) is 7.05 Å². The van der Waals surface area contributed by atoms with E-state index in [-0.39, 0.29) is 28.3 Å². The van der Waals surface area contributed by atoms with Gasteiger partial charge in [0.25, 0.3) is 0 Å². The topological polar surface area (TPSA) is 62.2 Å². The highest BCUT2D eigenvalue weighted by Crippen LogP contribution is 2.57. The molecule has 2 aliphatic rings. The van der Waals surface area contributed by atoms with Crippen molar-refractivity contribution in [3.8, 4) is 34.1 Å². The van der Waals surface area contributed by atoms with Crippen molar-refractivity contribution in [1.29, 1.82) is 0 Å². The number of halogens is 2. The van der Waals surface area contributed by atoms with Crippen molar-refractivity contribution in [3.05, 3.63) is 32.8 Å². The van der Waals surface area contributed by atoms with E-state index in [2.05, 4.69) is 4.90 Å². The number of rotatable bonds is 2. The van der Waals surface area contributed by atoms with Crippen molar-refractivity contribution in [2.45, 2.75) is 18.9 Å². The Hall–Kier alpha value is -1.82. The summed E-state index contributed by atoms with van der Waals surface area (Å²) in [7, 11) is 5.03. The van der Waals surface area contributed by atoms with Gasteiger partial charge in [-0.2, -0.15) is 0 Å². The summed E-state index contributed by atoms with van der Waals surface area (Å²) in [6.07, 6.45) is 1.37. The number of fused-ring (bicyclic) bond motifs is 2. The Kier molecular flexibility index (Phi) is 4.14. The molecule has 2 N–H and O–H groups in total. The molecule has 0 radical (unpaired) electrons. The number of phenolic OH excluding ortho intramolecular Hbond substituents is 2. The molecule has 0 spiro atoms. The van der Waals surface area contributed by atoms with Gasteiger partial charge in [-0.05, 0) is 48.2 Å². The van der Waals surface area contributed by atoms with E-state index < -0.39 is 0 Å². The molecule has 2 aromatic rings. The molecule has 1 atom stereocenters. The van der Waals surface area contributed by atoms with Crippen LogP contribution in [0.1, 0.15) is 22.7 Å². The van der Waals surface area contributed by atoms with E-state index in [9.17, 15) is 10.2 Å². The molecule has 5 nitrogen and oxygen atoms in total. The summed E-state index contributed by atoms with van der Waals surface area (Å²) in [6.45, 7) is 0.817. The smallest absolute Gasteiger partial charge is 0.177 e. The second-order valence-electron chi connectivity index (χ2n) is 6.68. The summed E-state index contributed by atoms with van der Waals surface area (Å²) in [6, 6.07) is 1.78. The molecule has 1 heterocycles. The molecule has 2 aromatic carbocycles. The fraction of sp³-hybridized carbons (Fsp3) is 0.368. The van der Waals surface area contributed by atoms with Crippen LogP contribution in [0.2, 0.25) is 10.0 Å². The van der Waals surface area contributed by atoms with Crippen molar-refractivity contribution in [2.24, 2.45) is 0 Å². The van der Waals surface area contributed by atoms with Gasteiger partial charge in [0, 0.05) is 18.2 Å². The third-order valence-electron chi connectivity index (χ3n) is 5.49. The third kappa shape index (κ3) is 2.20. The van der Waals surface area contributed by atoms with Gasteiger partial charge in [-0.15, -0.1) is 0 Å². The first kappa shape index (κ1) is 17.6. The van der Waals surface area contributed by atoms with Gasteiger partial charge in [0.05, 0.1) is 24.3 Å². The van der Waals surface area contributed by atoms with E-state index in [0.717, 1.165) is 40.8 Å². The Balaban J connectivity index is 2.15. The highest BCUT2D eigenvalue weighted by Gasteiger charge is 2.39. The first-order chi connectivity index (χ1) is 12.4. The van der Waals surface area contributed by atoms with Crippen molar-refractivity contribution in [3.63, 3.8) is 0 Å². The predicted molar refractivity (Wildman–Crippen MR) is 101 cm³/mol. The van der Waals surface area contributed by atoms with Gasteiger partial charge >= 0.3 is 0 Å². The van der Waals surface area contributed by atoms with Gasteiger partial charge in [-0.1, -0.05) is 23.2 Å². The van der Waals surface area contributed by atoms with Crippen LogP contribution in [0, 0.1) is 0 Å². The number of aromatic hydroxyl groups is 2. The van der Waals surface area contributed by atoms with Crippen LogP contribution >= 0.6 is 23.2 Å². The largest absolute Gasteiger partial charge is 0.503 e. The first-order valence-corrected chi connectivity index (χ1v) is 9.06. The Morgan fingerprint density at radius 3 is 2.42 bits per heavy atom. The minimum Gasteiger partial charge on any atom is -0.503 e. The number of ether oxygens (including phenoxy) is 2. The molecule has 7 heteroatoms. The summed E-state index contributed by atoms with van der Waals surface area (Å²) in [5, 5.41) is 21.6. The maximum Gasteiger partial charge on any atom is 0.177 e. The molecule has 138 valence electrons. The lowest BCUT2D eigenvalue weighted by molar-refractivity contribution is 0.226. The summed E-state index contributed by atoms with van der Waals surface area (Å²) in [5.74, 6) is 0.454. The van der Waals surface area contributed by atoms with Crippen LogP contribution in [-0.4, -0.2) is 42.9 Å². The van der Waals surface area contributed by atoms with E-state index >= 15 is 0 Å². The second-order valence-corrected chi connectivity index (χ2v) is 7.44. The van der Waals surface area contributed by atoms with Gasteiger partial charge < -0.3 is 19.7 Å². The maximum atomic E-state index is 10.6. The number of methoxy groups -OCH3 is 2. The summed E-state index contributed by atoms with van der Waals surface area (Å²) < 4.78 is 10.8. The van der Waals surface area contributed by atoms with Crippen molar-refractivity contribution < 1.29 is 19.7 Å². The minimum atomic E-state index is -0.0767. The van der Waals surface area contributed by atoms with E-state index in [1.165, 1.54) is 14.2 Å². The molecule has 26 heavy (non-hydrogen) atoms. The lowest BCUT2D eigenvalue weighted by Gasteiger charge is -2.41. The van der Waals surface area contributed by atoms with Gasteiger partial charge in [-0.25, -0.2) is 0 Å². The molecule has 1 aliphatic heterocycles. The summed E-state index contributed by atoms with van der Waals surface area (Å²) in [4.78, 5) is 2.24. The Bertz CT molecular complexity index is 929. The van der Waals surface area contributed by atoms with E-state index in [0.29, 0.717) is 17.2 Å². The molecule has 4 rings (SSSR count). The number of nitrogens with zero attached hydrogens (tertiary/aromatic N) is 1. The van der Waals surface area contributed by atoms with Crippen LogP contribution in [0.4, 0.5) is 0 Å². The molecule has 0 amide bonds. The van der Waals surface area contributed by atoms with Crippen molar-refractivity contribution >= 4 is 23.2 Å². The van der Waals surface area contributed by atoms with Crippen LogP contribution in [0.15, 0.2) is 6.07 Å². The van der Waals surface area contributed by atoms with Gasteiger partial charge in [0.15, 0.2) is 23.0 Å². The third-order valence-corrected chi connectivity index (χ3v) is 6.30. The van der Waals surface area contributed by atoms with Crippen LogP contribution in [0.3, 0.4) is 0 Å². The zero-order valence-corrected chi connectivity index (χ0v) is 16.2. The molecule has 0 aromatic heterocycles. The van der Waals surface area contributed by atoms with Crippen molar-refractivity contribution in [2.75, 3.05) is 27.8 Å². The fourth-order valence-corrected chi connectivity index (χ4v) is 4.73. The number of phenols is 2. The maximum absolute atomic E-state index is 10.6. The minimum absolute atomic E-state index is 0.0403. The number of hydrogen-bond donors (Lipinski definition) is 2. The van der Waals surface area contributed by atoms with Crippen LogP contribution < -0.4 is 9.47 Å².